The summed E-state index contributed by atoms with van der Waals surface area (Å²) in [6.45, 7) is 0.344. The van der Waals surface area contributed by atoms with Gasteiger partial charge in [0.05, 0.1) is 30.0 Å². The van der Waals surface area contributed by atoms with Crippen molar-refractivity contribution in [1.82, 2.24) is 0 Å². The second kappa shape index (κ2) is 12.5. The van der Waals surface area contributed by atoms with E-state index in [2.05, 4.69) is 5.32 Å². The van der Waals surface area contributed by atoms with Crippen LogP contribution in [-0.4, -0.2) is 25.6 Å². The highest BCUT2D eigenvalue weighted by Crippen LogP contribution is 2.37. The summed E-state index contributed by atoms with van der Waals surface area (Å²) in [5.74, 6) is 0.618. The number of carbonyl (C=O) groups is 2. The maximum absolute atomic E-state index is 12.3. The summed E-state index contributed by atoms with van der Waals surface area (Å²) >= 11 is 18.2. The Morgan fingerprint density at radius 2 is 1.56 bits per heavy atom. The Hall–Kier alpha value is -2.93. The SMILES string of the molecule is COC(=O)c1ccccc1NC(=O)CCCCOc1cc(Cl)ccc1Oc1ccc(Cl)cc1Cl. The van der Waals surface area contributed by atoms with Crippen LogP contribution in [0.25, 0.3) is 0 Å². The molecule has 3 rings (SSSR count). The zero-order chi connectivity index (χ0) is 24.5. The van der Waals surface area contributed by atoms with E-state index in [4.69, 9.17) is 49.0 Å². The number of rotatable bonds is 10. The summed E-state index contributed by atoms with van der Waals surface area (Å²) in [5, 5.41) is 4.11. The van der Waals surface area contributed by atoms with E-state index in [0.717, 1.165) is 0 Å². The van der Waals surface area contributed by atoms with Crippen molar-refractivity contribution in [3.63, 3.8) is 0 Å². The van der Waals surface area contributed by atoms with Gasteiger partial charge in [-0.2, -0.15) is 0 Å². The topological polar surface area (TPSA) is 73.9 Å². The highest BCUT2D eigenvalue weighted by molar-refractivity contribution is 6.35. The third-order valence-corrected chi connectivity index (χ3v) is 5.45. The molecule has 34 heavy (non-hydrogen) atoms. The van der Waals surface area contributed by atoms with Crippen molar-refractivity contribution in [3.8, 4) is 17.2 Å². The molecule has 0 saturated carbocycles. The van der Waals surface area contributed by atoms with Crippen molar-refractivity contribution in [3.05, 3.63) is 81.3 Å². The molecule has 3 aromatic carbocycles. The molecule has 9 heteroatoms. The van der Waals surface area contributed by atoms with E-state index >= 15 is 0 Å². The van der Waals surface area contributed by atoms with Crippen LogP contribution in [0.15, 0.2) is 60.7 Å². The second-order valence-electron chi connectivity index (χ2n) is 7.16. The molecule has 0 atom stereocenters. The summed E-state index contributed by atoms with van der Waals surface area (Å²) in [7, 11) is 1.29. The normalized spacial score (nSPS) is 10.5. The van der Waals surface area contributed by atoms with Gasteiger partial charge in [0.25, 0.3) is 0 Å². The first-order valence-electron chi connectivity index (χ1n) is 10.4. The molecule has 0 spiro atoms. The molecule has 0 aromatic heterocycles. The number of carbonyl (C=O) groups excluding carboxylic acids is 2. The fraction of sp³-hybridized carbons (Fsp3) is 0.200. The molecule has 0 bridgehead atoms. The number of unbranched alkanes of at least 4 members (excludes halogenated alkanes) is 1. The fourth-order valence-corrected chi connectivity index (χ4v) is 3.63. The lowest BCUT2D eigenvalue weighted by Crippen LogP contribution is -2.15. The summed E-state index contributed by atoms with van der Waals surface area (Å²) < 4.78 is 16.5. The number of nitrogens with one attached hydrogen (secondary N) is 1. The van der Waals surface area contributed by atoms with E-state index in [9.17, 15) is 9.59 Å². The first-order valence-corrected chi connectivity index (χ1v) is 11.5. The highest BCUT2D eigenvalue weighted by atomic mass is 35.5. The minimum absolute atomic E-state index is 0.208. The van der Waals surface area contributed by atoms with Crippen molar-refractivity contribution in [2.24, 2.45) is 0 Å². The standard InChI is InChI=1S/C25H22Cl3NO5/c1-32-25(31)18-6-2-3-7-20(18)29-24(30)8-4-5-13-33-23-15-17(27)10-12-22(23)34-21-11-9-16(26)14-19(21)28/h2-3,6-7,9-12,14-15H,4-5,8,13H2,1H3,(H,29,30). The molecule has 0 heterocycles. The molecule has 0 aliphatic carbocycles. The van der Waals surface area contributed by atoms with Crippen LogP contribution in [-0.2, 0) is 9.53 Å². The lowest BCUT2D eigenvalue weighted by atomic mass is 10.1. The summed E-state index contributed by atoms with van der Waals surface area (Å²) in [6, 6.07) is 16.6. The van der Waals surface area contributed by atoms with Gasteiger partial charge < -0.3 is 19.5 Å². The van der Waals surface area contributed by atoms with E-state index in [1.54, 1.807) is 60.7 Å². The van der Waals surface area contributed by atoms with Gasteiger partial charge in [0, 0.05) is 22.5 Å². The molecule has 3 aromatic rings. The van der Waals surface area contributed by atoms with Crippen LogP contribution in [0.2, 0.25) is 15.1 Å². The summed E-state index contributed by atoms with van der Waals surface area (Å²) in [5.41, 5.74) is 0.716. The predicted octanol–water partition coefficient (Wildman–Crippen LogP) is 7.41. The van der Waals surface area contributed by atoms with Gasteiger partial charge in [-0.1, -0.05) is 46.9 Å². The van der Waals surface area contributed by atoms with E-state index in [1.807, 2.05) is 0 Å². The number of anilines is 1. The Labute approximate surface area is 212 Å². The van der Waals surface area contributed by atoms with Crippen LogP contribution < -0.4 is 14.8 Å². The molecule has 0 unspecified atom stereocenters. The Kier molecular flexibility index (Phi) is 9.45. The van der Waals surface area contributed by atoms with E-state index in [0.29, 0.717) is 63.0 Å². The van der Waals surface area contributed by atoms with Crippen molar-refractivity contribution in [2.45, 2.75) is 19.3 Å². The third kappa shape index (κ3) is 7.29. The summed E-state index contributed by atoms with van der Waals surface area (Å²) in [4.78, 5) is 24.1. The minimum atomic E-state index is -0.510. The number of hydrogen-bond acceptors (Lipinski definition) is 5. The summed E-state index contributed by atoms with van der Waals surface area (Å²) in [6.07, 6.45) is 1.45. The van der Waals surface area contributed by atoms with Gasteiger partial charge in [0.15, 0.2) is 11.5 Å². The number of amides is 1. The van der Waals surface area contributed by atoms with Crippen molar-refractivity contribution in [1.29, 1.82) is 0 Å². The number of hydrogen-bond donors (Lipinski definition) is 1. The number of methoxy groups -OCH3 is 1. The van der Waals surface area contributed by atoms with Gasteiger partial charge >= 0.3 is 5.97 Å². The molecule has 1 N–H and O–H groups in total. The minimum Gasteiger partial charge on any atom is -0.490 e. The average Bonchev–Trinajstić information content (AvgIpc) is 2.82. The van der Waals surface area contributed by atoms with Crippen LogP contribution in [0.3, 0.4) is 0 Å². The Balaban J connectivity index is 1.51. The molecule has 0 radical (unpaired) electrons. The van der Waals surface area contributed by atoms with Crippen LogP contribution >= 0.6 is 34.8 Å². The van der Waals surface area contributed by atoms with Crippen molar-refractivity contribution >= 4 is 52.4 Å². The predicted molar refractivity (Wildman–Crippen MR) is 134 cm³/mol. The number of benzene rings is 3. The highest BCUT2D eigenvalue weighted by Gasteiger charge is 2.14. The van der Waals surface area contributed by atoms with Gasteiger partial charge in [-0.05, 0) is 55.3 Å². The van der Waals surface area contributed by atoms with Gasteiger partial charge in [-0.15, -0.1) is 0 Å². The Bertz CT molecular complexity index is 1170. The lowest BCUT2D eigenvalue weighted by Gasteiger charge is -2.14. The number of esters is 1. The molecule has 6 nitrogen and oxygen atoms in total. The first kappa shape index (κ1) is 25.7. The largest absolute Gasteiger partial charge is 0.490 e. The molecule has 0 aliphatic heterocycles. The molecule has 0 fully saturated rings. The van der Waals surface area contributed by atoms with Crippen molar-refractivity contribution < 1.29 is 23.8 Å². The third-order valence-electron chi connectivity index (χ3n) is 4.68. The van der Waals surface area contributed by atoms with Crippen LogP contribution in [0, 0.1) is 0 Å². The quantitative estimate of drug-likeness (QED) is 0.222. The van der Waals surface area contributed by atoms with Gasteiger partial charge in [0.1, 0.15) is 5.75 Å². The van der Waals surface area contributed by atoms with Crippen LogP contribution in [0.4, 0.5) is 5.69 Å². The Morgan fingerprint density at radius 3 is 2.29 bits per heavy atom. The molecular weight excluding hydrogens is 501 g/mol. The monoisotopic (exact) mass is 521 g/mol. The van der Waals surface area contributed by atoms with Gasteiger partial charge in [0.2, 0.25) is 5.91 Å². The van der Waals surface area contributed by atoms with Crippen LogP contribution in [0.1, 0.15) is 29.6 Å². The zero-order valence-corrected chi connectivity index (χ0v) is 20.5. The molecule has 0 saturated heterocycles. The number of ether oxygens (including phenoxy) is 3. The lowest BCUT2D eigenvalue weighted by molar-refractivity contribution is -0.116. The number of halogens is 3. The van der Waals surface area contributed by atoms with E-state index < -0.39 is 5.97 Å². The Morgan fingerprint density at radius 1 is 0.853 bits per heavy atom. The molecular formula is C25H22Cl3NO5. The maximum Gasteiger partial charge on any atom is 0.339 e. The van der Waals surface area contributed by atoms with E-state index in [-0.39, 0.29) is 12.3 Å². The first-order chi connectivity index (χ1) is 16.4. The molecule has 178 valence electrons. The zero-order valence-electron chi connectivity index (χ0n) is 18.3. The van der Waals surface area contributed by atoms with Gasteiger partial charge in [-0.3, -0.25) is 4.79 Å². The van der Waals surface area contributed by atoms with Crippen molar-refractivity contribution in [2.75, 3.05) is 19.0 Å². The van der Waals surface area contributed by atoms with Crippen LogP contribution in [0.5, 0.6) is 17.2 Å². The average molecular weight is 523 g/mol. The fourth-order valence-electron chi connectivity index (χ4n) is 3.02. The van der Waals surface area contributed by atoms with Gasteiger partial charge in [-0.25, -0.2) is 4.79 Å². The maximum atomic E-state index is 12.3. The molecule has 1 amide bonds. The smallest absolute Gasteiger partial charge is 0.339 e. The second-order valence-corrected chi connectivity index (χ2v) is 8.44. The van der Waals surface area contributed by atoms with E-state index in [1.165, 1.54) is 7.11 Å². The molecule has 0 aliphatic rings. The number of para-hydroxylation sites is 1.